The van der Waals surface area contributed by atoms with Crippen LogP contribution in [0.1, 0.15) is 28.5 Å². The van der Waals surface area contributed by atoms with Crippen LogP contribution in [0.5, 0.6) is 0 Å². The molecule has 0 aliphatic rings. The normalized spacial score (nSPS) is 12.1. The number of thiazole rings is 1. The van der Waals surface area contributed by atoms with Gasteiger partial charge in [0.2, 0.25) is 0 Å². The Morgan fingerprint density at radius 3 is 2.76 bits per heavy atom. The van der Waals surface area contributed by atoms with Gasteiger partial charge in [-0.1, -0.05) is 0 Å². The van der Waals surface area contributed by atoms with Gasteiger partial charge in [0.05, 0.1) is 24.1 Å². The first-order valence-electron chi connectivity index (χ1n) is 4.94. The van der Waals surface area contributed by atoms with Crippen molar-refractivity contribution in [1.29, 1.82) is 0 Å². The summed E-state index contributed by atoms with van der Waals surface area (Å²) in [5, 5.41) is 5.06. The SMILES string of the molecule is CC(N)c1nc(C(=O)Nc2cncnc2)cs1. The molecule has 6 nitrogen and oxygen atoms in total. The highest BCUT2D eigenvalue weighted by Gasteiger charge is 2.12. The Balaban J connectivity index is 2.10. The fraction of sp³-hybridized carbons (Fsp3) is 0.200. The van der Waals surface area contributed by atoms with Gasteiger partial charge in [-0.05, 0) is 6.92 Å². The molecule has 88 valence electrons. The minimum Gasteiger partial charge on any atom is -0.322 e. The van der Waals surface area contributed by atoms with E-state index in [2.05, 4.69) is 20.3 Å². The van der Waals surface area contributed by atoms with Crippen molar-refractivity contribution in [3.8, 4) is 0 Å². The summed E-state index contributed by atoms with van der Waals surface area (Å²) in [5.74, 6) is -0.289. The fourth-order valence-corrected chi connectivity index (χ4v) is 1.92. The molecule has 0 aromatic carbocycles. The number of carbonyl (C=O) groups is 1. The van der Waals surface area contributed by atoms with Crippen molar-refractivity contribution in [2.24, 2.45) is 5.73 Å². The first kappa shape index (κ1) is 11.6. The maximum absolute atomic E-state index is 11.8. The topological polar surface area (TPSA) is 93.8 Å². The zero-order chi connectivity index (χ0) is 12.3. The summed E-state index contributed by atoms with van der Waals surface area (Å²) >= 11 is 1.37. The summed E-state index contributed by atoms with van der Waals surface area (Å²) < 4.78 is 0. The third kappa shape index (κ3) is 2.83. The predicted octanol–water partition coefficient (Wildman–Crippen LogP) is 1.21. The molecule has 0 bridgehead atoms. The third-order valence-corrected chi connectivity index (χ3v) is 3.01. The summed E-state index contributed by atoms with van der Waals surface area (Å²) in [6.45, 7) is 1.82. The number of hydrogen-bond acceptors (Lipinski definition) is 6. The lowest BCUT2D eigenvalue weighted by Gasteiger charge is -2.01. The summed E-state index contributed by atoms with van der Waals surface area (Å²) in [6.07, 6.45) is 4.43. The van der Waals surface area contributed by atoms with E-state index in [1.165, 1.54) is 30.1 Å². The highest BCUT2D eigenvalue weighted by molar-refractivity contribution is 7.09. The molecule has 2 aromatic rings. The molecule has 1 amide bonds. The summed E-state index contributed by atoms with van der Waals surface area (Å²) in [4.78, 5) is 23.5. The quantitative estimate of drug-likeness (QED) is 0.852. The van der Waals surface area contributed by atoms with E-state index in [1.54, 1.807) is 5.38 Å². The highest BCUT2D eigenvalue weighted by Crippen LogP contribution is 2.16. The van der Waals surface area contributed by atoms with Gasteiger partial charge in [-0.2, -0.15) is 0 Å². The van der Waals surface area contributed by atoms with Crippen LogP contribution in [0, 0.1) is 0 Å². The zero-order valence-corrected chi connectivity index (χ0v) is 9.94. The Labute approximate surface area is 102 Å². The Kier molecular flexibility index (Phi) is 3.40. The van der Waals surface area contributed by atoms with Crippen LogP contribution in [-0.2, 0) is 0 Å². The number of carbonyl (C=O) groups excluding carboxylic acids is 1. The summed E-state index contributed by atoms with van der Waals surface area (Å²) in [5.41, 5.74) is 6.56. The average molecular weight is 249 g/mol. The third-order valence-electron chi connectivity index (χ3n) is 1.96. The maximum atomic E-state index is 11.8. The van der Waals surface area contributed by atoms with E-state index in [0.717, 1.165) is 5.01 Å². The van der Waals surface area contributed by atoms with E-state index in [1.807, 2.05) is 6.92 Å². The van der Waals surface area contributed by atoms with Crippen molar-refractivity contribution in [1.82, 2.24) is 15.0 Å². The van der Waals surface area contributed by atoms with E-state index >= 15 is 0 Å². The fourth-order valence-electron chi connectivity index (χ4n) is 1.16. The number of aromatic nitrogens is 3. The number of nitrogens with zero attached hydrogens (tertiary/aromatic N) is 3. The number of rotatable bonds is 3. The second kappa shape index (κ2) is 4.98. The largest absolute Gasteiger partial charge is 0.322 e. The van der Waals surface area contributed by atoms with Crippen molar-refractivity contribution < 1.29 is 4.79 Å². The van der Waals surface area contributed by atoms with Gasteiger partial charge in [0.1, 0.15) is 17.0 Å². The van der Waals surface area contributed by atoms with Gasteiger partial charge in [-0.25, -0.2) is 15.0 Å². The minimum absolute atomic E-state index is 0.165. The summed E-state index contributed by atoms with van der Waals surface area (Å²) in [6, 6.07) is -0.165. The molecule has 1 unspecified atom stereocenters. The smallest absolute Gasteiger partial charge is 0.275 e. The van der Waals surface area contributed by atoms with Gasteiger partial charge in [-0.3, -0.25) is 4.79 Å². The molecule has 0 spiro atoms. The molecule has 2 rings (SSSR count). The monoisotopic (exact) mass is 249 g/mol. The molecule has 0 aliphatic carbocycles. The number of nitrogens with one attached hydrogen (secondary N) is 1. The van der Waals surface area contributed by atoms with Crippen LogP contribution in [0.4, 0.5) is 5.69 Å². The van der Waals surface area contributed by atoms with Crippen LogP contribution in [0.2, 0.25) is 0 Å². The van der Waals surface area contributed by atoms with Gasteiger partial charge in [0, 0.05) is 5.38 Å². The molecule has 1 atom stereocenters. The van der Waals surface area contributed by atoms with Crippen molar-refractivity contribution in [3.63, 3.8) is 0 Å². The first-order chi connectivity index (χ1) is 8.16. The lowest BCUT2D eigenvalue weighted by molar-refractivity contribution is 0.102. The van der Waals surface area contributed by atoms with E-state index in [9.17, 15) is 4.79 Å². The number of hydrogen-bond donors (Lipinski definition) is 2. The molecule has 2 aromatic heterocycles. The lowest BCUT2D eigenvalue weighted by atomic mass is 10.4. The molecule has 17 heavy (non-hydrogen) atoms. The molecule has 7 heteroatoms. The molecule has 0 fully saturated rings. The minimum atomic E-state index is -0.289. The van der Waals surface area contributed by atoms with Gasteiger partial charge in [0.25, 0.3) is 5.91 Å². The number of nitrogens with two attached hydrogens (primary N) is 1. The van der Waals surface area contributed by atoms with Crippen molar-refractivity contribution in [2.75, 3.05) is 5.32 Å². The second-order valence-electron chi connectivity index (χ2n) is 3.44. The Hall–Kier alpha value is -1.86. The molecule has 3 N–H and O–H groups in total. The molecular formula is C10H11N5OS. The van der Waals surface area contributed by atoms with Gasteiger partial charge >= 0.3 is 0 Å². The highest BCUT2D eigenvalue weighted by atomic mass is 32.1. The lowest BCUT2D eigenvalue weighted by Crippen LogP contribution is -2.13. The van der Waals surface area contributed by atoms with Crippen molar-refractivity contribution >= 4 is 22.9 Å². The van der Waals surface area contributed by atoms with E-state index in [0.29, 0.717) is 11.4 Å². The van der Waals surface area contributed by atoms with Crippen molar-refractivity contribution in [2.45, 2.75) is 13.0 Å². The second-order valence-corrected chi connectivity index (χ2v) is 4.33. The molecule has 2 heterocycles. The van der Waals surface area contributed by atoms with Gasteiger partial charge in [-0.15, -0.1) is 11.3 Å². The standard InChI is InChI=1S/C10H11N5OS/c1-6(11)10-15-8(4-17-10)9(16)14-7-2-12-5-13-3-7/h2-6H,11H2,1H3,(H,14,16). The van der Waals surface area contributed by atoms with E-state index in [-0.39, 0.29) is 11.9 Å². The molecule has 0 saturated carbocycles. The number of anilines is 1. The van der Waals surface area contributed by atoms with Crippen LogP contribution in [0.25, 0.3) is 0 Å². The molecule has 0 radical (unpaired) electrons. The van der Waals surface area contributed by atoms with Crippen LogP contribution >= 0.6 is 11.3 Å². The Bertz CT molecular complexity index is 510. The molecule has 0 saturated heterocycles. The average Bonchev–Trinajstić information content (AvgIpc) is 2.79. The van der Waals surface area contributed by atoms with Crippen LogP contribution in [0.3, 0.4) is 0 Å². The van der Waals surface area contributed by atoms with Crippen LogP contribution in [-0.4, -0.2) is 20.9 Å². The Morgan fingerprint density at radius 1 is 1.47 bits per heavy atom. The summed E-state index contributed by atoms with van der Waals surface area (Å²) in [7, 11) is 0. The van der Waals surface area contributed by atoms with E-state index < -0.39 is 0 Å². The Morgan fingerprint density at radius 2 is 2.18 bits per heavy atom. The van der Waals surface area contributed by atoms with Crippen LogP contribution in [0.15, 0.2) is 24.1 Å². The van der Waals surface area contributed by atoms with E-state index in [4.69, 9.17) is 5.73 Å². The first-order valence-corrected chi connectivity index (χ1v) is 5.82. The van der Waals surface area contributed by atoms with Gasteiger partial charge < -0.3 is 11.1 Å². The molecule has 0 aliphatic heterocycles. The van der Waals surface area contributed by atoms with Crippen LogP contribution < -0.4 is 11.1 Å². The van der Waals surface area contributed by atoms with Gasteiger partial charge in [0.15, 0.2) is 0 Å². The van der Waals surface area contributed by atoms with Crippen molar-refractivity contribution in [3.05, 3.63) is 34.8 Å². The predicted molar refractivity (Wildman–Crippen MR) is 64.7 cm³/mol. The number of amides is 1. The maximum Gasteiger partial charge on any atom is 0.275 e. The molecular weight excluding hydrogens is 238 g/mol. The zero-order valence-electron chi connectivity index (χ0n) is 9.12.